The number of thiazole rings is 1. The lowest BCUT2D eigenvalue weighted by atomic mass is 10.3. The molecule has 0 saturated heterocycles. The summed E-state index contributed by atoms with van der Waals surface area (Å²) in [6, 6.07) is 4.18. The summed E-state index contributed by atoms with van der Waals surface area (Å²) in [6.45, 7) is 3.34. The van der Waals surface area contributed by atoms with E-state index in [0.29, 0.717) is 12.5 Å². The zero-order valence-electron chi connectivity index (χ0n) is 10.6. The highest BCUT2D eigenvalue weighted by molar-refractivity contribution is 14.0. The molecule has 0 aliphatic carbocycles. The molecule has 0 saturated carbocycles. The summed E-state index contributed by atoms with van der Waals surface area (Å²) in [4.78, 5) is 9.95. The molecule has 0 spiro atoms. The summed E-state index contributed by atoms with van der Waals surface area (Å²) in [5, 5.41) is 8.21. The Labute approximate surface area is 138 Å². The van der Waals surface area contributed by atoms with E-state index < -0.39 is 0 Å². The first-order valence-corrected chi connectivity index (χ1v) is 7.47. The van der Waals surface area contributed by atoms with Crippen LogP contribution in [-0.4, -0.2) is 17.5 Å². The number of hydrogen-bond donors (Lipinski definition) is 2. The van der Waals surface area contributed by atoms with Crippen molar-refractivity contribution < 1.29 is 0 Å². The van der Waals surface area contributed by atoms with Crippen molar-refractivity contribution in [3.05, 3.63) is 38.5 Å². The van der Waals surface area contributed by atoms with Crippen LogP contribution < -0.4 is 11.1 Å². The second-order valence-corrected chi connectivity index (χ2v) is 5.82. The number of guanidine groups is 1. The van der Waals surface area contributed by atoms with Gasteiger partial charge in [0.25, 0.3) is 0 Å². The minimum absolute atomic E-state index is 0. The van der Waals surface area contributed by atoms with Crippen molar-refractivity contribution in [2.45, 2.75) is 19.9 Å². The fourth-order valence-corrected chi connectivity index (χ4v) is 2.86. The van der Waals surface area contributed by atoms with E-state index >= 15 is 0 Å². The van der Waals surface area contributed by atoms with Crippen LogP contribution in [0.15, 0.2) is 27.9 Å². The molecule has 0 aliphatic heterocycles. The van der Waals surface area contributed by atoms with Crippen molar-refractivity contribution in [2.24, 2.45) is 10.7 Å². The zero-order valence-corrected chi connectivity index (χ0v) is 14.6. The van der Waals surface area contributed by atoms with Crippen LogP contribution >= 0.6 is 46.7 Å². The van der Waals surface area contributed by atoms with Crippen LogP contribution in [0, 0.1) is 6.92 Å². The third-order valence-electron chi connectivity index (χ3n) is 2.31. The molecule has 0 aliphatic rings. The summed E-state index contributed by atoms with van der Waals surface area (Å²) in [5.41, 5.74) is 6.82. The van der Waals surface area contributed by atoms with Crippen molar-refractivity contribution in [2.75, 3.05) is 6.54 Å². The number of thiophene rings is 1. The Hall–Kier alpha value is -0.670. The van der Waals surface area contributed by atoms with E-state index in [2.05, 4.69) is 32.8 Å². The van der Waals surface area contributed by atoms with E-state index in [1.54, 1.807) is 22.7 Å². The van der Waals surface area contributed by atoms with Crippen molar-refractivity contribution in [1.82, 2.24) is 10.3 Å². The third-order valence-corrected chi connectivity index (χ3v) is 4.20. The predicted octanol–water partition coefficient (Wildman–Crippen LogP) is 2.78. The fraction of sp³-hybridized carbons (Fsp3) is 0.333. The van der Waals surface area contributed by atoms with Gasteiger partial charge in [-0.2, -0.15) is 0 Å². The second-order valence-electron chi connectivity index (χ2n) is 3.84. The highest BCUT2D eigenvalue weighted by Crippen LogP contribution is 2.09. The van der Waals surface area contributed by atoms with Crippen LogP contribution in [0.4, 0.5) is 0 Å². The summed E-state index contributed by atoms with van der Waals surface area (Å²) < 4.78 is 0. The largest absolute Gasteiger partial charge is 0.370 e. The highest BCUT2D eigenvalue weighted by Gasteiger charge is 1.98. The van der Waals surface area contributed by atoms with Crippen LogP contribution in [0.5, 0.6) is 0 Å². The highest BCUT2D eigenvalue weighted by atomic mass is 127. The van der Waals surface area contributed by atoms with Crippen LogP contribution in [-0.2, 0) is 13.0 Å². The molecule has 19 heavy (non-hydrogen) atoms. The predicted molar refractivity (Wildman–Crippen MR) is 93.6 cm³/mol. The molecule has 2 aromatic heterocycles. The van der Waals surface area contributed by atoms with Gasteiger partial charge in [0.15, 0.2) is 5.96 Å². The summed E-state index contributed by atoms with van der Waals surface area (Å²) in [5.74, 6) is 0.486. The average Bonchev–Trinajstić information content (AvgIpc) is 2.98. The summed E-state index contributed by atoms with van der Waals surface area (Å²) >= 11 is 3.37. The molecule has 0 radical (unpaired) electrons. The minimum Gasteiger partial charge on any atom is -0.370 e. The van der Waals surface area contributed by atoms with E-state index in [1.165, 1.54) is 4.88 Å². The lowest BCUT2D eigenvalue weighted by molar-refractivity contribution is 0.855. The van der Waals surface area contributed by atoms with E-state index in [4.69, 9.17) is 5.73 Å². The molecule has 0 atom stereocenters. The van der Waals surface area contributed by atoms with Crippen molar-refractivity contribution >= 4 is 52.6 Å². The Bertz CT molecular complexity index is 508. The second kappa shape index (κ2) is 8.49. The first-order valence-electron chi connectivity index (χ1n) is 5.71. The molecule has 0 aromatic carbocycles. The molecule has 2 heterocycles. The molecule has 3 N–H and O–H groups in total. The molecule has 0 fully saturated rings. The van der Waals surface area contributed by atoms with Gasteiger partial charge in [-0.25, -0.2) is 9.98 Å². The van der Waals surface area contributed by atoms with E-state index in [9.17, 15) is 0 Å². The van der Waals surface area contributed by atoms with Gasteiger partial charge in [0.1, 0.15) is 5.01 Å². The maximum atomic E-state index is 5.79. The van der Waals surface area contributed by atoms with Gasteiger partial charge >= 0.3 is 0 Å². The van der Waals surface area contributed by atoms with Gasteiger partial charge in [-0.1, -0.05) is 6.07 Å². The minimum atomic E-state index is 0. The molecule has 4 nitrogen and oxygen atoms in total. The Kier molecular flexibility index (Phi) is 7.32. The van der Waals surface area contributed by atoms with Gasteiger partial charge in [-0.05, 0) is 24.8 Å². The van der Waals surface area contributed by atoms with Gasteiger partial charge in [-0.3, -0.25) is 0 Å². The maximum absolute atomic E-state index is 5.79. The molecular formula is C12H17IN4S2. The average molecular weight is 408 g/mol. The number of rotatable bonds is 5. The van der Waals surface area contributed by atoms with Crippen molar-refractivity contribution in [3.8, 4) is 0 Å². The zero-order chi connectivity index (χ0) is 12.8. The van der Waals surface area contributed by atoms with E-state index in [0.717, 1.165) is 23.7 Å². The van der Waals surface area contributed by atoms with Crippen LogP contribution in [0.3, 0.4) is 0 Å². The first kappa shape index (κ1) is 16.4. The Balaban J connectivity index is 0.00000180. The van der Waals surface area contributed by atoms with Gasteiger partial charge in [0, 0.05) is 22.5 Å². The third kappa shape index (κ3) is 5.87. The number of nitrogens with one attached hydrogen (secondary N) is 1. The summed E-state index contributed by atoms with van der Waals surface area (Å²) in [7, 11) is 0. The number of nitrogens with two attached hydrogens (primary N) is 1. The lowest BCUT2D eigenvalue weighted by Crippen LogP contribution is -2.33. The topological polar surface area (TPSA) is 63.3 Å². The lowest BCUT2D eigenvalue weighted by Gasteiger charge is -2.03. The molecule has 0 unspecified atom stereocenters. The SMILES string of the molecule is Cc1csc(CN=C(N)NCCc2cccs2)n1.I. The number of hydrogen-bond acceptors (Lipinski definition) is 4. The van der Waals surface area contributed by atoms with Crippen LogP contribution in [0.1, 0.15) is 15.6 Å². The molecule has 104 valence electrons. The molecule has 2 aromatic rings. The monoisotopic (exact) mass is 408 g/mol. The number of aryl methyl sites for hydroxylation is 1. The van der Waals surface area contributed by atoms with Crippen molar-refractivity contribution in [3.63, 3.8) is 0 Å². The van der Waals surface area contributed by atoms with E-state index in [-0.39, 0.29) is 24.0 Å². The number of aromatic nitrogens is 1. The first-order chi connectivity index (χ1) is 8.74. The standard InChI is InChI=1S/C12H16N4S2.HI/c1-9-8-18-11(16-9)7-15-12(13)14-5-4-10-3-2-6-17-10;/h2-3,6,8H,4-5,7H2,1H3,(H3,13,14,15);1H. The van der Waals surface area contributed by atoms with Gasteiger partial charge in [0.2, 0.25) is 0 Å². The maximum Gasteiger partial charge on any atom is 0.189 e. The Morgan fingerprint density at radius 1 is 1.47 bits per heavy atom. The summed E-state index contributed by atoms with van der Waals surface area (Å²) in [6.07, 6.45) is 0.976. The fourth-order valence-electron chi connectivity index (χ4n) is 1.45. The number of aliphatic imine (C=N–C) groups is 1. The van der Waals surface area contributed by atoms with Gasteiger partial charge < -0.3 is 11.1 Å². The molecule has 0 bridgehead atoms. The molecular weight excluding hydrogens is 391 g/mol. The van der Waals surface area contributed by atoms with Crippen LogP contribution in [0.2, 0.25) is 0 Å². The smallest absolute Gasteiger partial charge is 0.189 e. The van der Waals surface area contributed by atoms with Crippen molar-refractivity contribution in [1.29, 1.82) is 0 Å². The molecule has 2 rings (SSSR count). The van der Waals surface area contributed by atoms with Gasteiger partial charge in [0.05, 0.1) is 6.54 Å². The van der Waals surface area contributed by atoms with Crippen LogP contribution in [0.25, 0.3) is 0 Å². The number of nitrogens with zero attached hydrogens (tertiary/aromatic N) is 2. The Morgan fingerprint density at radius 3 is 2.95 bits per heavy atom. The Morgan fingerprint density at radius 2 is 2.32 bits per heavy atom. The van der Waals surface area contributed by atoms with Gasteiger partial charge in [-0.15, -0.1) is 46.7 Å². The molecule has 0 amide bonds. The molecule has 7 heteroatoms. The normalized spacial score (nSPS) is 11.1. The van der Waals surface area contributed by atoms with E-state index in [1.807, 2.05) is 12.3 Å². The quantitative estimate of drug-likeness (QED) is 0.455. The number of halogens is 1.